The molecule has 0 aliphatic carbocycles. The van der Waals surface area contributed by atoms with Crippen molar-refractivity contribution in [3.63, 3.8) is 0 Å². The normalized spacial score (nSPS) is 21.8. The topological polar surface area (TPSA) is 144 Å². The second-order valence-corrected chi connectivity index (χ2v) is 6.86. The Hall–Kier alpha value is -3.21. The van der Waals surface area contributed by atoms with E-state index >= 15 is 0 Å². The van der Waals surface area contributed by atoms with Crippen molar-refractivity contribution in [2.45, 2.75) is 17.0 Å². The fourth-order valence-electron chi connectivity index (χ4n) is 2.66. The van der Waals surface area contributed by atoms with Gasteiger partial charge in [0.25, 0.3) is 11.4 Å². The van der Waals surface area contributed by atoms with E-state index in [1.165, 1.54) is 34.9 Å². The smallest absolute Gasteiger partial charge is 0.352 e. The minimum Gasteiger partial charge on any atom is -0.477 e. The van der Waals surface area contributed by atoms with Crippen LogP contribution in [-0.2, 0) is 9.59 Å². The Morgan fingerprint density at radius 3 is 2.62 bits per heavy atom. The Balaban J connectivity index is 1.89. The average molecular weight is 377 g/mol. The molecule has 2 aliphatic rings. The molecule has 1 aromatic carbocycles. The zero-order valence-corrected chi connectivity index (χ0v) is 13.8. The van der Waals surface area contributed by atoms with E-state index in [2.05, 4.69) is 0 Å². The molecule has 1 fully saturated rings. The van der Waals surface area contributed by atoms with Crippen LogP contribution in [0.4, 0.5) is 11.4 Å². The number of nitro benzene ring substituents is 2. The van der Waals surface area contributed by atoms with Crippen molar-refractivity contribution in [3.05, 3.63) is 61.8 Å². The quantitative estimate of drug-likeness (QED) is 0.467. The molecule has 26 heavy (non-hydrogen) atoms. The molecule has 0 radical (unpaired) electrons. The average Bonchev–Trinajstić information content (AvgIpc) is 2.57. The lowest BCUT2D eigenvalue weighted by Gasteiger charge is -2.43. The van der Waals surface area contributed by atoms with E-state index in [9.17, 15) is 34.9 Å². The minimum absolute atomic E-state index is 0.113. The van der Waals surface area contributed by atoms with Crippen LogP contribution >= 0.6 is 11.8 Å². The number of carbonyl (C=O) groups excluding carboxylic acids is 1. The first kappa shape index (κ1) is 17.6. The first-order valence-electron chi connectivity index (χ1n) is 7.31. The zero-order chi connectivity index (χ0) is 19.0. The largest absolute Gasteiger partial charge is 0.477 e. The van der Waals surface area contributed by atoms with Gasteiger partial charge in [0.2, 0.25) is 5.91 Å². The van der Waals surface area contributed by atoms with Gasteiger partial charge in [0.1, 0.15) is 5.70 Å². The van der Waals surface area contributed by atoms with Crippen LogP contribution in [0.5, 0.6) is 0 Å². The second-order valence-electron chi connectivity index (χ2n) is 5.50. The number of thioether (sulfide) groups is 1. The number of nitrogens with zero attached hydrogens (tertiary/aromatic N) is 3. The van der Waals surface area contributed by atoms with E-state index in [1.807, 2.05) is 0 Å². The van der Waals surface area contributed by atoms with Crippen LogP contribution in [0, 0.1) is 20.2 Å². The number of amides is 1. The molecule has 1 amide bonds. The van der Waals surface area contributed by atoms with Crippen LogP contribution in [0.3, 0.4) is 0 Å². The molecule has 1 unspecified atom stereocenters. The Morgan fingerprint density at radius 2 is 2.04 bits per heavy atom. The molecule has 0 saturated carbocycles. The van der Waals surface area contributed by atoms with Crippen molar-refractivity contribution in [1.29, 1.82) is 0 Å². The van der Waals surface area contributed by atoms with Crippen LogP contribution in [-0.4, -0.2) is 42.4 Å². The van der Waals surface area contributed by atoms with Crippen molar-refractivity contribution < 1.29 is 24.5 Å². The summed E-state index contributed by atoms with van der Waals surface area (Å²) < 4.78 is 0. The van der Waals surface area contributed by atoms with Crippen LogP contribution in [0.25, 0.3) is 6.08 Å². The maximum Gasteiger partial charge on any atom is 0.352 e. The highest BCUT2D eigenvalue weighted by atomic mass is 32.2. The fourth-order valence-corrected chi connectivity index (χ4v) is 3.99. The van der Waals surface area contributed by atoms with E-state index in [4.69, 9.17) is 0 Å². The monoisotopic (exact) mass is 377 g/mol. The van der Waals surface area contributed by atoms with Gasteiger partial charge in [-0.2, -0.15) is 0 Å². The first-order valence-corrected chi connectivity index (χ1v) is 8.26. The molecule has 2 atom stereocenters. The summed E-state index contributed by atoms with van der Waals surface area (Å²) in [6, 6.07) is 3.30. The number of rotatable bonds is 5. The first-order chi connectivity index (χ1) is 12.3. The summed E-state index contributed by atoms with van der Waals surface area (Å²) in [5, 5.41) is 30.5. The van der Waals surface area contributed by atoms with Crippen LogP contribution in [0.2, 0.25) is 0 Å². The van der Waals surface area contributed by atoms with Crippen molar-refractivity contribution in [3.8, 4) is 0 Å². The number of fused-ring (bicyclic) bond motifs is 1. The molecule has 2 heterocycles. The summed E-state index contributed by atoms with van der Waals surface area (Å²) >= 11 is 1.35. The molecule has 11 heteroatoms. The second kappa shape index (κ2) is 6.59. The molecule has 1 N–H and O–H groups in total. The third-order valence-electron chi connectivity index (χ3n) is 3.91. The van der Waals surface area contributed by atoms with Gasteiger partial charge in [0.05, 0.1) is 33.3 Å². The van der Waals surface area contributed by atoms with Crippen molar-refractivity contribution >= 4 is 41.1 Å². The SMILES string of the molecule is O=C(O)C1=CC(C=Cc2ccc([N+](=O)[O-])cc2[N+](=O)[O-])S[C@@H]2CC(=O)N12. The molecule has 1 aromatic rings. The van der Waals surface area contributed by atoms with Gasteiger partial charge in [0, 0.05) is 11.3 Å². The van der Waals surface area contributed by atoms with Gasteiger partial charge in [-0.15, -0.1) is 11.8 Å². The number of nitro groups is 2. The molecule has 0 bridgehead atoms. The third-order valence-corrected chi connectivity index (χ3v) is 5.21. The third kappa shape index (κ3) is 3.16. The predicted octanol–water partition coefficient (Wildman–Crippen LogP) is 2.16. The molecule has 3 rings (SSSR count). The molecular weight excluding hydrogens is 366 g/mol. The van der Waals surface area contributed by atoms with E-state index in [0.29, 0.717) is 0 Å². The molecular formula is C15H11N3O7S. The fraction of sp³-hybridized carbons (Fsp3) is 0.200. The standard InChI is InChI=1S/C15H11N3O7S/c19-13-7-14-16(13)12(15(20)21)6-10(26-14)4-2-8-1-3-9(17(22)23)5-11(8)18(24)25/h1-6,10,14H,7H2,(H,20,21)/t10?,14-/m1/s1. The van der Waals surface area contributed by atoms with E-state index < -0.39 is 32.4 Å². The van der Waals surface area contributed by atoms with Gasteiger partial charge >= 0.3 is 5.97 Å². The van der Waals surface area contributed by atoms with E-state index in [1.54, 1.807) is 6.08 Å². The van der Waals surface area contributed by atoms with Gasteiger partial charge in [-0.3, -0.25) is 29.9 Å². The Morgan fingerprint density at radius 1 is 1.31 bits per heavy atom. The Bertz CT molecular complexity index is 895. The summed E-state index contributed by atoms with van der Waals surface area (Å²) in [4.78, 5) is 44.5. The number of carbonyl (C=O) groups is 2. The molecule has 0 aromatic heterocycles. The summed E-state index contributed by atoms with van der Waals surface area (Å²) in [7, 11) is 0. The van der Waals surface area contributed by atoms with Crippen LogP contribution < -0.4 is 0 Å². The summed E-state index contributed by atoms with van der Waals surface area (Å²) in [5.74, 6) is -1.48. The van der Waals surface area contributed by atoms with Gasteiger partial charge in [-0.25, -0.2) is 4.79 Å². The van der Waals surface area contributed by atoms with Gasteiger partial charge in [-0.1, -0.05) is 12.2 Å². The maximum atomic E-state index is 11.5. The number of carboxylic acids is 1. The van der Waals surface area contributed by atoms with Gasteiger partial charge < -0.3 is 5.11 Å². The predicted molar refractivity (Wildman–Crippen MR) is 91.1 cm³/mol. The van der Waals surface area contributed by atoms with Crippen LogP contribution in [0.15, 0.2) is 36.0 Å². The zero-order valence-electron chi connectivity index (χ0n) is 13.0. The lowest BCUT2D eigenvalue weighted by Crippen LogP contribution is -2.53. The van der Waals surface area contributed by atoms with Gasteiger partial charge in [-0.05, 0) is 12.1 Å². The highest BCUT2D eigenvalue weighted by Crippen LogP contribution is 2.41. The number of β-lactam (4-membered cyclic amide) rings is 1. The highest BCUT2D eigenvalue weighted by Gasteiger charge is 2.44. The minimum atomic E-state index is -1.22. The molecule has 134 valence electrons. The number of benzene rings is 1. The summed E-state index contributed by atoms with van der Waals surface area (Å²) in [6.45, 7) is 0. The molecule has 0 spiro atoms. The molecule has 1 saturated heterocycles. The van der Waals surface area contributed by atoms with E-state index in [-0.39, 0.29) is 29.0 Å². The number of aliphatic carboxylic acids is 1. The maximum absolute atomic E-state index is 11.5. The number of hydrogen-bond donors (Lipinski definition) is 1. The van der Waals surface area contributed by atoms with E-state index in [0.717, 1.165) is 12.1 Å². The Kier molecular flexibility index (Phi) is 4.47. The van der Waals surface area contributed by atoms with Crippen molar-refractivity contribution in [1.82, 2.24) is 4.90 Å². The number of carboxylic acid groups (broad SMARTS) is 1. The highest BCUT2D eigenvalue weighted by molar-refractivity contribution is 8.01. The summed E-state index contributed by atoms with van der Waals surface area (Å²) in [5.41, 5.74) is -0.756. The lowest BCUT2D eigenvalue weighted by atomic mass is 10.1. The lowest BCUT2D eigenvalue weighted by molar-refractivity contribution is -0.394. The van der Waals surface area contributed by atoms with Crippen molar-refractivity contribution in [2.75, 3.05) is 0 Å². The summed E-state index contributed by atoms with van der Waals surface area (Å²) in [6.07, 6.45) is 4.62. The van der Waals surface area contributed by atoms with Crippen molar-refractivity contribution in [2.24, 2.45) is 0 Å². The van der Waals surface area contributed by atoms with Crippen LogP contribution in [0.1, 0.15) is 12.0 Å². The molecule has 10 nitrogen and oxygen atoms in total. The number of hydrogen-bond acceptors (Lipinski definition) is 7. The number of non-ortho nitro benzene ring substituents is 1. The van der Waals surface area contributed by atoms with Gasteiger partial charge in [0.15, 0.2) is 0 Å². The molecule has 2 aliphatic heterocycles. The Labute approximate surface area is 150 Å².